The van der Waals surface area contributed by atoms with Crippen molar-refractivity contribution < 1.29 is 9.59 Å². The molecule has 9 rings (SSSR count). The second-order valence-corrected chi connectivity index (χ2v) is 13.3. The first-order valence-electron chi connectivity index (χ1n) is 18.6. The SMILES string of the molecule is CC.N#Cc1ccc(-c2cccc3c4cccc(-c5ccc(C#N)cc5C#N)c4n(-c4cccc5c4C(=O)N(c4cccc(-c6ccccc6)c4)C5=O)c23)c(C#N)c1. The highest BCUT2D eigenvalue weighted by Gasteiger charge is 2.40. The molecule has 8 nitrogen and oxygen atoms in total. The molecule has 1 aliphatic heterocycles. The molecule has 1 aromatic heterocycles. The zero-order valence-corrected chi connectivity index (χ0v) is 31.4. The predicted octanol–water partition coefficient (Wildman–Crippen LogP) is 11.1. The van der Waals surface area contributed by atoms with E-state index in [9.17, 15) is 30.6 Å². The summed E-state index contributed by atoms with van der Waals surface area (Å²) in [5.74, 6) is -0.959. The van der Waals surface area contributed by atoms with Gasteiger partial charge in [0, 0.05) is 33.0 Å². The summed E-state index contributed by atoms with van der Waals surface area (Å²) in [4.78, 5) is 30.4. The molecule has 0 aliphatic carbocycles. The van der Waals surface area contributed by atoms with E-state index in [2.05, 4.69) is 24.3 Å². The first kappa shape index (κ1) is 36.4. The number of imide groups is 1. The molecule has 0 spiro atoms. The molecule has 0 fully saturated rings. The molecule has 7 aromatic carbocycles. The Labute approximate surface area is 334 Å². The van der Waals surface area contributed by atoms with Crippen molar-refractivity contribution in [2.24, 2.45) is 0 Å². The maximum Gasteiger partial charge on any atom is 0.268 e. The average Bonchev–Trinajstić information content (AvgIpc) is 3.77. The Morgan fingerprint density at radius 3 is 1.52 bits per heavy atom. The van der Waals surface area contributed by atoms with Crippen LogP contribution in [0.2, 0.25) is 0 Å². The molecule has 1 aliphatic rings. The summed E-state index contributed by atoms with van der Waals surface area (Å²) < 4.78 is 1.95. The van der Waals surface area contributed by atoms with Gasteiger partial charge in [0.05, 0.1) is 80.1 Å². The minimum atomic E-state index is -0.497. The van der Waals surface area contributed by atoms with Gasteiger partial charge in [-0.05, 0) is 59.7 Å². The molecule has 272 valence electrons. The van der Waals surface area contributed by atoms with Crippen molar-refractivity contribution in [2.75, 3.05) is 4.90 Å². The molecule has 8 aromatic rings. The number of carbonyl (C=O) groups is 2. The van der Waals surface area contributed by atoms with Gasteiger partial charge in [0.25, 0.3) is 11.8 Å². The summed E-state index contributed by atoms with van der Waals surface area (Å²) in [6.07, 6.45) is 0. The lowest BCUT2D eigenvalue weighted by Crippen LogP contribution is -2.29. The van der Waals surface area contributed by atoms with Crippen LogP contribution < -0.4 is 4.90 Å². The zero-order valence-electron chi connectivity index (χ0n) is 31.4. The highest BCUT2D eigenvalue weighted by atomic mass is 16.2. The van der Waals surface area contributed by atoms with Crippen molar-refractivity contribution in [3.63, 3.8) is 0 Å². The van der Waals surface area contributed by atoms with Crippen LogP contribution in [0.3, 0.4) is 0 Å². The summed E-state index contributed by atoms with van der Waals surface area (Å²) in [5, 5.41) is 41.5. The summed E-state index contributed by atoms with van der Waals surface area (Å²) in [5.41, 5.74) is 8.13. The Bertz CT molecular complexity index is 3050. The van der Waals surface area contributed by atoms with E-state index >= 15 is 0 Å². The lowest BCUT2D eigenvalue weighted by molar-refractivity contribution is 0.0926. The quantitative estimate of drug-likeness (QED) is 0.161. The zero-order chi connectivity index (χ0) is 40.5. The van der Waals surface area contributed by atoms with Gasteiger partial charge in [0.1, 0.15) is 0 Å². The van der Waals surface area contributed by atoms with Crippen LogP contribution in [0.4, 0.5) is 5.69 Å². The number of amides is 2. The van der Waals surface area contributed by atoms with Crippen molar-refractivity contribution >= 4 is 39.3 Å². The number of carbonyl (C=O) groups excluding carboxylic acids is 2. The first-order chi connectivity index (χ1) is 28.4. The molecule has 0 saturated carbocycles. The molecule has 0 unspecified atom stereocenters. The molecule has 2 heterocycles. The fourth-order valence-electron chi connectivity index (χ4n) is 7.82. The lowest BCUT2D eigenvalue weighted by atomic mass is 9.95. The van der Waals surface area contributed by atoms with Crippen LogP contribution >= 0.6 is 0 Å². The molecule has 0 N–H and O–H groups in total. The monoisotopic (exact) mass is 746 g/mol. The number of hydrogen-bond donors (Lipinski definition) is 0. The van der Waals surface area contributed by atoms with Crippen LogP contribution in [0.25, 0.3) is 60.9 Å². The molecule has 8 heteroatoms. The number of aromatic nitrogens is 1. The highest BCUT2D eigenvalue weighted by Crippen LogP contribution is 2.45. The standard InChI is InChI=1S/C48H24N6O2.C2H6/c49-25-29-18-20-36(33(22-29)27-51)38-12-5-14-40-41-15-6-13-39(37-21-19-30(26-50)23-34(37)28-52)46(41)54(45(38)40)43-17-7-16-42-44(43)48(56)53(47(42)55)35-11-4-10-32(24-35)31-8-2-1-3-9-31;1-2/h1-24H;1-2H3. The highest BCUT2D eigenvalue weighted by molar-refractivity contribution is 6.36. The summed E-state index contributed by atoms with van der Waals surface area (Å²) >= 11 is 0. The van der Waals surface area contributed by atoms with E-state index in [0.717, 1.165) is 21.9 Å². The normalized spacial score (nSPS) is 11.6. The van der Waals surface area contributed by atoms with Gasteiger partial charge in [0.15, 0.2) is 0 Å². The number of hydrogen-bond acceptors (Lipinski definition) is 6. The third kappa shape index (κ3) is 5.75. The molecule has 0 bridgehead atoms. The van der Waals surface area contributed by atoms with Crippen LogP contribution in [0, 0.1) is 45.3 Å². The van der Waals surface area contributed by atoms with Crippen molar-refractivity contribution in [1.82, 2.24) is 4.57 Å². The minimum absolute atomic E-state index is 0.201. The fourth-order valence-corrected chi connectivity index (χ4v) is 7.82. The van der Waals surface area contributed by atoms with Gasteiger partial charge in [-0.25, -0.2) is 4.90 Å². The van der Waals surface area contributed by atoms with Crippen molar-refractivity contribution in [3.05, 3.63) is 179 Å². The molecule has 0 radical (unpaired) electrons. The van der Waals surface area contributed by atoms with E-state index in [0.29, 0.717) is 66.9 Å². The number of nitriles is 4. The number of para-hydroxylation sites is 2. The van der Waals surface area contributed by atoms with Gasteiger partial charge in [0.2, 0.25) is 0 Å². The van der Waals surface area contributed by atoms with E-state index < -0.39 is 11.8 Å². The van der Waals surface area contributed by atoms with Gasteiger partial charge in [-0.2, -0.15) is 21.0 Å². The lowest BCUT2D eigenvalue weighted by Gasteiger charge is -2.18. The van der Waals surface area contributed by atoms with Gasteiger partial charge in [-0.1, -0.05) is 111 Å². The summed E-state index contributed by atoms with van der Waals surface area (Å²) in [6, 6.07) is 52.4. The van der Waals surface area contributed by atoms with E-state index in [1.54, 1.807) is 60.7 Å². The van der Waals surface area contributed by atoms with Gasteiger partial charge >= 0.3 is 0 Å². The second kappa shape index (κ2) is 14.9. The Morgan fingerprint density at radius 1 is 0.448 bits per heavy atom. The molecular weight excluding hydrogens is 717 g/mol. The van der Waals surface area contributed by atoms with Gasteiger partial charge < -0.3 is 4.57 Å². The predicted molar refractivity (Wildman–Crippen MR) is 225 cm³/mol. The van der Waals surface area contributed by atoms with E-state index in [-0.39, 0.29) is 11.1 Å². The Morgan fingerprint density at radius 2 is 0.966 bits per heavy atom. The number of nitrogens with zero attached hydrogens (tertiary/aromatic N) is 6. The molecule has 0 atom stereocenters. The molecule has 0 saturated heterocycles. The van der Waals surface area contributed by atoms with Crippen LogP contribution in [-0.4, -0.2) is 16.4 Å². The molecule has 58 heavy (non-hydrogen) atoms. The third-order valence-electron chi connectivity index (χ3n) is 10.3. The topological polar surface area (TPSA) is 137 Å². The minimum Gasteiger partial charge on any atom is -0.307 e. The van der Waals surface area contributed by atoms with Crippen LogP contribution in [0.1, 0.15) is 56.8 Å². The summed E-state index contributed by atoms with van der Waals surface area (Å²) in [6.45, 7) is 4.00. The van der Waals surface area contributed by atoms with E-state index in [1.165, 1.54) is 4.90 Å². The van der Waals surface area contributed by atoms with E-state index in [4.69, 9.17) is 0 Å². The summed E-state index contributed by atoms with van der Waals surface area (Å²) in [7, 11) is 0. The average molecular weight is 747 g/mol. The van der Waals surface area contributed by atoms with Crippen LogP contribution in [0.15, 0.2) is 146 Å². The van der Waals surface area contributed by atoms with Gasteiger partial charge in [-0.3, -0.25) is 9.59 Å². The second-order valence-electron chi connectivity index (χ2n) is 13.3. The number of rotatable bonds is 5. The maximum absolute atomic E-state index is 14.8. The van der Waals surface area contributed by atoms with Crippen molar-refractivity contribution in [2.45, 2.75) is 13.8 Å². The van der Waals surface area contributed by atoms with Crippen molar-refractivity contribution in [3.8, 4) is 63.3 Å². The van der Waals surface area contributed by atoms with E-state index in [1.807, 2.05) is 103 Å². The smallest absolute Gasteiger partial charge is 0.268 e. The maximum atomic E-state index is 14.8. The number of fused-ring (bicyclic) bond motifs is 4. The Kier molecular flexibility index (Phi) is 9.38. The largest absolute Gasteiger partial charge is 0.307 e. The molecule has 2 amide bonds. The van der Waals surface area contributed by atoms with Crippen molar-refractivity contribution in [1.29, 1.82) is 21.0 Å². The van der Waals surface area contributed by atoms with Crippen LogP contribution in [-0.2, 0) is 0 Å². The molecular formula is C50H30N6O2. The Hall–Kier alpha value is -8.56. The number of benzene rings is 7. The third-order valence-corrected chi connectivity index (χ3v) is 10.3. The fraction of sp³-hybridized carbons (Fsp3) is 0.0400. The van der Waals surface area contributed by atoms with Crippen LogP contribution in [0.5, 0.6) is 0 Å². The first-order valence-corrected chi connectivity index (χ1v) is 18.6. The van der Waals surface area contributed by atoms with Gasteiger partial charge in [-0.15, -0.1) is 0 Å². The Balaban J connectivity index is 0.00000231. The number of anilines is 1.